The van der Waals surface area contributed by atoms with Crippen molar-refractivity contribution in [2.45, 2.75) is 64.1 Å². The van der Waals surface area contributed by atoms with Crippen LogP contribution in [0.1, 0.15) is 51.3 Å². The van der Waals surface area contributed by atoms with Gasteiger partial charge in [-0.3, -0.25) is 9.69 Å². The number of hydrogen-bond donors (Lipinski definition) is 1. The molecule has 0 unspecified atom stereocenters. The van der Waals surface area contributed by atoms with Crippen molar-refractivity contribution < 1.29 is 9.59 Å². The summed E-state index contributed by atoms with van der Waals surface area (Å²) < 4.78 is 1.65. The van der Waals surface area contributed by atoms with E-state index in [1.54, 1.807) is 4.68 Å². The first-order valence-electron chi connectivity index (χ1n) is 7.55. The standard InChI is InChI=1S/C13H20N6O2/c1-2-8-19-10(15-16-17-19)9-18-11(20)13(14-12(18)21)6-4-3-5-7-13/h2-9H2,1H3,(H,14,21). The van der Waals surface area contributed by atoms with Gasteiger partial charge in [0, 0.05) is 6.54 Å². The van der Waals surface area contributed by atoms with E-state index >= 15 is 0 Å². The van der Waals surface area contributed by atoms with E-state index in [1.807, 2.05) is 6.92 Å². The molecule has 0 bridgehead atoms. The smallest absolute Gasteiger partial charge is 0.323 e. The van der Waals surface area contributed by atoms with Crippen LogP contribution in [0.4, 0.5) is 4.79 Å². The maximum absolute atomic E-state index is 12.7. The monoisotopic (exact) mass is 292 g/mol. The SMILES string of the molecule is CCCn1nnnc1CN1C(=O)NC2(CCCCC2)C1=O. The number of nitrogens with zero attached hydrogens (tertiary/aromatic N) is 5. The fraction of sp³-hybridized carbons (Fsp3) is 0.769. The maximum atomic E-state index is 12.7. The third-order valence-electron chi connectivity index (χ3n) is 4.29. The second kappa shape index (κ2) is 5.42. The van der Waals surface area contributed by atoms with Crippen molar-refractivity contribution in [3.05, 3.63) is 5.82 Å². The molecule has 114 valence electrons. The lowest BCUT2D eigenvalue weighted by atomic mass is 9.82. The summed E-state index contributed by atoms with van der Waals surface area (Å²) in [7, 11) is 0. The molecule has 21 heavy (non-hydrogen) atoms. The summed E-state index contributed by atoms with van der Waals surface area (Å²) in [5, 5.41) is 14.3. The van der Waals surface area contributed by atoms with Crippen LogP contribution in [0, 0.1) is 0 Å². The predicted molar refractivity (Wildman–Crippen MR) is 73.0 cm³/mol. The van der Waals surface area contributed by atoms with Gasteiger partial charge in [0.25, 0.3) is 5.91 Å². The molecule has 1 aliphatic heterocycles. The Balaban J connectivity index is 1.78. The van der Waals surface area contributed by atoms with E-state index in [-0.39, 0.29) is 18.5 Å². The van der Waals surface area contributed by atoms with Gasteiger partial charge in [0.05, 0.1) is 6.54 Å². The van der Waals surface area contributed by atoms with Crippen LogP contribution in [-0.4, -0.2) is 42.6 Å². The van der Waals surface area contributed by atoms with E-state index < -0.39 is 5.54 Å². The third kappa shape index (κ3) is 2.38. The zero-order chi connectivity index (χ0) is 14.9. The summed E-state index contributed by atoms with van der Waals surface area (Å²) in [5.74, 6) is 0.423. The summed E-state index contributed by atoms with van der Waals surface area (Å²) in [4.78, 5) is 26.1. The van der Waals surface area contributed by atoms with Gasteiger partial charge < -0.3 is 5.32 Å². The van der Waals surface area contributed by atoms with Crippen molar-refractivity contribution in [2.24, 2.45) is 0 Å². The number of rotatable bonds is 4. The third-order valence-corrected chi connectivity index (χ3v) is 4.29. The molecule has 0 aromatic carbocycles. The lowest BCUT2D eigenvalue weighted by Gasteiger charge is -2.30. The first kappa shape index (κ1) is 14.0. The Morgan fingerprint density at radius 1 is 1.24 bits per heavy atom. The molecule has 8 heteroatoms. The van der Waals surface area contributed by atoms with E-state index in [9.17, 15) is 9.59 Å². The number of imide groups is 1. The minimum absolute atomic E-state index is 0.127. The first-order chi connectivity index (χ1) is 10.2. The molecule has 1 saturated carbocycles. The molecule has 1 aromatic heterocycles. The number of carbonyl (C=O) groups is 2. The number of carbonyl (C=O) groups excluding carboxylic acids is 2. The first-order valence-corrected chi connectivity index (χ1v) is 7.55. The maximum Gasteiger partial charge on any atom is 0.325 e. The molecular formula is C13H20N6O2. The van der Waals surface area contributed by atoms with Crippen LogP contribution < -0.4 is 5.32 Å². The van der Waals surface area contributed by atoms with Crippen LogP contribution in [0.15, 0.2) is 0 Å². The second-order valence-corrected chi connectivity index (χ2v) is 5.78. The van der Waals surface area contributed by atoms with Crippen LogP contribution in [-0.2, 0) is 17.9 Å². The molecule has 1 spiro atoms. The topological polar surface area (TPSA) is 93.0 Å². The highest BCUT2D eigenvalue weighted by Crippen LogP contribution is 2.34. The second-order valence-electron chi connectivity index (χ2n) is 5.78. The lowest BCUT2D eigenvalue weighted by molar-refractivity contribution is -0.132. The van der Waals surface area contributed by atoms with Crippen LogP contribution in [0.25, 0.3) is 0 Å². The Bertz CT molecular complexity index is 549. The van der Waals surface area contributed by atoms with E-state index in [0.717, 1.165) is 38.5 Å². The summed E-state index contributed by atoms with van der Waals surface area (Å²) >= 11 is 0. The number of hydrogen-bond acceptors (Lipinski definition) is 5. The molecule has 8 nitrogen and oxygen atoms in total. The van der Waals surface area contributed by atoms with E-state index in [0.29, 0.717) is 12.4 Å². The fourth-order valence-corrected chi connectivity index (χ4v) is 3.18. The molecule has 2 heterocycles. The van der Waals surface area contributed by atoms with Crippen LogP contribution in [0.5, 0.6) is 0 Å². The highest BCUT2D eigenvalue weighted by atomic mass is 16.2. The van der Waals surface area contributed by atoms with Gasteiger partial charge in [-0.05, 0) is 29.7 Å². The number of aromatic nitrogens is 4. The van der Waals surface area contributed by atoms with E-state index in [4.69, 9.17) is 0 Å². The number of urea groups is 1. The average Bonchev–Trinajstić information content (AvgIpc) is 3.00. The molecule has 2 aliphatic rings. The van der Waals surface area contributed by atoms with E-state index in [1.165, 1.54) is 4.90 Å². The Morgan fingerprint density at radius 3 is 2.71 bits per heavy atom. The Kier molecular flexibility index (Phi) is 3.60. The van der Waals surface area contributed by atoms with Crippen molar-refractivity contribution in [2.75, 3.05) is 0 Å². The molecular weight excluding hydrogens is 272 g/mol. The van der Waals surface area contributed by atoms with Crippen molar-refractivity contribution in [3.8, 4) is 0 Å². The largest absolute Gasteiger partial charge is 0.325 e. The average molecular weight is 292 g/mol. The Hall–Kier alpha value is -1.99. The van der Waals surface area contributed by atoms with Gasteiger partial charge in [0.15, 0.2) is 5.82 Å². The molecule has 3 rings (SSSR count). The summed E-state index contributed by atoms with van der Waals surface area (Å²) in [6.07, 6.45) is 5.44. The lowest BCUT2D eigenvalue weighted by Crippen LogP contribution is -2.48. The summed E-state index contributed by atoms with van der Waals surface area (Å²) in [6, 6.07) is -0.326. The Labute approximate surface area is 122 Å². The number of aryl methyl sites for hydroxylation is 1. The molecule has 0 atom stereocenters. The van der Waals surface area contributed by atoms with Crippen molar-refractivity contribution in [1.82, 2.24) is 30.4 Å². The van der Waals surface area contributed by atoms with Gasteiger partial charge in [0.2, 0.25) is 0 Å². The predicted octanol–water partition coefficient (Wildman–Crippen LogP) is 0.838. The molecule has 3 amide bonds. The van der Waals surface area contributed by atoms with Gasteiger partial charge in [-0.15, -0.1) is 5.10 Å². The highest BCUT2D eigenvalue weighted by Gasteiger charge is 2.51. The van der Waals surface area contributed by atoms with Crippen molar-refractivity contribution in [1.29, 1.82) is 0 Å². The van der Waals surface area contributed by atoms with Crippen LogP contribution in [0.2, 0.25) is 0 Å². The van der Waals surface area contributed by atoms with Gasteiger partial charge in [-0.2, -0.15) is 0 Å². The minimum atomic E-state index is -0.682. The quantitative estimate of drug-likeness (QED) is 0.830. The zero-order valence-electron chi connectivity index (χ0n) is 12.2. The van der Waals surface area contributed by atoms with Gasteiger partial charge in [-0.1, -0.05) is 26.2 Å². The molecule has 1 N–H and O–H groups in total. The number of tetrazole rings is 1. The van der Waals surface area contributed by atoms with E-state index in [2.05, 4.69) is 20.8 Å². The van der Waals surface area contributed by atoms with Gasteiger partial charge in [0.1, 0.15) is 5.54 Å². The summed E-state index contributed by atoms with van der Waals surface area (Å²) in [5.41, 5.74) is -0.682. The fourth-order valence-electron chi connectivity index (χ4n) is 3.18. The number of amides is 3. The Morgan fingerprint density at radius 2 is 2.00 bits per heavy atom. The molecule has 1 aliphatic carbocycles. The molecule has 0 radical (unpaired) electrons. The number of nitrogens with one attached hydrogen (secondary N) is 1. The van der Waals surface area contributed by atoms with Crippen LogP contribution >= 0.6 is 0 Å². The molecule has 1 aromatic rings. The molecule has 1 saturated heterocycles. The van der Waals surface area contributed by atoms with Crippen LogP contribution in [0.3, 0.4) is 0 Å². The zero-order valence-corrected chi connectivity index (χ0v) is 12.2. The normalized spacial score (nSPS) is 21.1. The highest BCUT2D eigenvalue weighted by molar-refractivity contribution is 6.06. The summed E-state index contributed by atoms with van der Waals surface area (Å²) in [6.45, 7) is 2.84. The minimum Gasteiger partial charge on any atom is -0.323 e. The molecule has 2 fully saturated rings. The van der Waals surface area contributed by atoms with Crippen molar-refractivity contribution in [3.63, 3.8) is 0 Å². The van der Waals surface area contributed by atoms with Gasteiger partial charge >= 0.3 is 6.03 Å². The van der Waals surface area contributed by atoms with Crippen molar-refractivity contribution >= 4 is 11.9 Å². The van der Waals surface area contributed by atoms with Gasteiger partial charge in [-0.25, -0.2) is 9.48 Å².